The van der Waals surface area contributed by atoms with Gasteiger partial charge in [0.05, 0.1) is 17.1 Å². The topological polar surface area (TPSA) is 53.8 Å². The zero-order valence-corrected chi connectivity index (χ0v) is 7.27. The van der Waals surface area contributed by atoms with Crippen LogP contribution in [0.15, 0.2) is 30.3 Å². The largest absolute Gasteiger partial charge is 0.296 e. The molecule has 0 bridgehead atoms. The van der Waals surface area contributed by atoms with Gasteiger partial charge in [-0.05, 0) is 24.3 Å². The second-order valence-corrected chi connectivity index (χ2v) is 2.87. The van der Waals surface area contributed by atoms with E-state index >= 15 is 0 Å². The molecule has 1 aromatic heterocycles. The van der Waals surface area contributed by atoms with Crippen molar-refractivity contribution in [1.82, 2.24) is 4.98 Å². The quantitative estimate of drug-likeness (QED) is 0.633. The maximum Gasteiger partial charge on any atom is 0.168 e. The van der Waals surface area contributed by atoms with Gasteiger partial charge < -0.3 is 0 Å². The second kappa shape index (κ2) is 3.27. The average Bonchev–Trinajstić information content (AvgIpc) is 2.27. The van der Waals surface area contributed by atoms with E-state index in [9.17, 15) is 4.79 Å². The molecule has 0 N–H and O–H groups in total. The number of aldehydes is 1. The molecule has 0 amide bonds. The Labute approximate surface area is 80.6 Å². The van der Waals surface area contributed by atoms with Crippen molar-refractivity contribution in [2.45, 2.75) is 0 Å². The van der Waals surface area contributed by atoms with Crippen LogP contribution in [0.4, 0.5) is 0 Å². The highest BCUT2D eigenvalue weighted by Gasteiger charge is 1.98. The molecule has 3 heteroatoms. The highest BCUT2D eigenvalue weighted by molar-refractivity contribution is 5.84. The lowest BCUT2D eigenvalue weighted by molar-refractivity contribution is 0.111. The Morgan fingerprint density at radius 3 is 2.86 bits per heavy atom. The molecule has 0 saturated carbocycles. The first-order chi connectivity index (χ1) is 6.83. The first-order valence-electron chi connectivity index (χ1n) is 4.09. The fraction of sp³-hybridized carbons (Fsp3) is 0. The number of nitrogens with zero attached hydrogens (tertiary/aromatic N) is 2. The van der Waals surface area contributed by atoms with Gasteiger partial charge >= 0.3 is 0 Å². The SMILES string of the molecule is N#Cc1ccc2nc(C=O)ccc2c1. The lowest BCUT2D eigenvalue weighted by Crippen LogP contribution is -1.87. The van der Waals surface area contributed by atoms with Crippen LogP contribution >= 0.6 is 0 Å². The number of carbonyl (C=O) groups is 1. The molecule has 2 aromatic rings. The van der Waals surface area contributed by atoms with Gasteiger partial charge in [0.1, 0.15) is 5.69 Å². The number of nitriles is 1. The minimum absolute atomic E-state index is 0.405. The monoisotopic (exact) mass is 182 g/mol. The smallest absolute Gasteiger partial charge is 0.168 e. The summed E-state index contributed by atoms with van der Waals surface area (Å²) in [5.41, 5.74) is 1.73. The minimum atomic E-state index is 0.405. The van der Waals surface area contributed by atoms with Crippen LogP contribution in [-0.2, 0) is 0 Å². The van der Waals surface area contributed by atoms with E-state index in [0.29, 0.717) is 17.5 Å². The van der Waals surface area contributed by atoms with Crippen LogP contribution in [0.2, 0.25) is 0 Å². The number of aromatic nitrogens is 1. The van der Waals surface area contributed by atoms with Gasteiger partial charge in [-0.2, -0.15) is 5.26 Å². The first-order valence-corrected chi connectivity index (χ1v) is 4.09. The minimum Gasteiger partial charge on any atom is -0.296 e. The number of hydrogen-bond acceptors (Lipinski definition) is 3. The van der Waals surface area contributed by atoms with Gasteiger partial charge in [-0.1, -0.05) is 6.07 Å². The van der Waals surface area contributed by atoms with Crippen LogP contribution in [0.5, 0.6) is 0 Å². The highest BCUT2D eigenvalue weighted by atomic mass is 16.1. The van der Waals surface area contributed by atoms with E-state index in [0.717, 1.165) is 10.9 Å². The lowest BCUT2D eigenvalue weighted by atomic mass is 10.1. The van der Waals surface area contributed by atoms with E-state index in [-0.39, 0.29) is 0 Å². The molecule has 0 atom stereocenters. The summed E-state index contributed by atoms with van der Waals surface area (Å²) in [5, 5.41) is 9.54. The second-order valence-electron chi connectivity index (χ2n) is 2.87. The van der Waals surface area contributed by atoms with Crippen LogP contribution in [0.1, 0.15) is 16.1 Å². The molecule has 0 saturated heterocycles. The summed E-state index contributed by atoms with van der Waals surface area (Å²) < 4.78 is 0. The van der Waals surface area contributed by atoms with Crippen LogP contribution in [0, 0.1) is 11.3 Å². The lowest BCUT2D eigenvalue weighted by Gasteiger charge is -1.97. The van der Waals surface area contributed by atoms with Crippen molar-refractivity contribution >= 4 is 17.2 Å². The summed E-state index contributed by atoms with van der Waals surface area (Å²) >= 11 is 0. The Hall–Kier alpha value is -2.21. The van der Waals surface area contributed by atoms with Gasteiger partial charge in [-0.15, -0.1) is 0 Å². The molecular formula is C11H6N2O. The molecule has 14 heavy (non-hydrogen) atoms. The molecule has 0 unspecified atom stereocenters. The van der Waals surface area contributed by atoms with Gasteiger partial charge in [-0.25, -0.2) is 4.98 Å². The molecular weight excluding hydrogens is 176 g/mol. The zero-order valence-electron chi connectivity index (χ0n) is 7.27. The number of hydrogen-bond donors (Lipinski definition) is 0. The van der Waals surface area contributed by atoms with Gasteiger partial charge in [0.2, 0.25) is 0 Å². The number of carbonyl (C=O) groups excluding carboxylic acids is 1. The summed E-state index contributed by atoms with van der Waals surface area (Å²) in [7, 11) is 0. The van der Waals surface area contributed by atoms with E-state index in [1.165, 1.54) is 0 Å². The van der Waals surface area contributed by atoms with E-state index in [1.807, 2.05) is 0 Å². The van der Waals surface area contributed by atoms with E-state index in [4.69, 9.17) is 5.26 Å². The number of benzene rings is 1. The van der Waals surface area contributed by atoms with Gasteiger partial charge in [0, 0.05) is 5.39 Å². The van der Waals surface area contributed by atoms with Gasteiger partial charge in [0.25, 0.3) is 0 Å². The summed E-state index contributed by atoms with van der Waals surface area (Å²) in [6.07, 6.45) is 0.706. The third-order valence-corrected chi connectivity index (χ3v) is 1.96. The Balaban J connectivity index is 2.70. The maximum absolute atomic E-state index is 10.5. The molecule has 2 rings (SSSR count). The van der Waals surface area contributed by atoms with E-state index < -0.39 is 0 Å². The predicted octanol–water partition coefficient (Wildman–Crippen LogP) is 1.92. The summed E-state index contributed by atoms with van der Waals surface area (Å²) in [5.74, 6) is 0. The normalized spacial score (nSPS) is 9.64. The molecule has 0 spiro atoms. The van der Waals surface area contributed by atoms with E-state index in [2.05, 4.69) is 11.1 Å². The van der Waals surface area contributed by atoms with Crippen LogP contribution in [-0.4, -0.2) is 11.3 Å². The molecule has 1 heterocycles. The molecule has 0 aliphatic rings. The molecule has 0 fully saturated rings. The van der Waals surface area contributed by atoms with Crippen molar-refractivity contribution in [1.29, 1.82) is 5.26 Å². The summed E-state index contributed by atoms with van der Waals surface area (Å²) in [4.78, 5) is 14.6. The van der Waals surface area contributed by atoms with Crippen LogP contribution < -0.4 is 0 Å². The predicted molar refractivity (Wildman–Crippen MR) is 51.8 cm³/mol. The first kappa shape index (κ1) is 8.39. The van der Waals surface area contributed by atoms with Gasteiger partial charge in [0.15, 0.2) is 6.29 Å². The molecule has 3 nitrogen and oxygen atoms in total. The van der Waals surface area contributed by atoms with Crippen molar-refractivity contribution in [3.8, 4) is 6.07 Å². The fourth-order valence-corrected chi connectivity index (χ4v) is 1.28. The van der Waals surface area contributed by atoms with Crippen LogP contribution in [0.3, 0.4) is 0 Å². The Kier molecular flexibility index (Phi) is 1.96. The molecule has 0 radical (unpaired) electrons. The fourth-order valence-electron chi connectivity index (χ4n) is 1.28. The average molecular weight is 182 g/mol. The van der Waals surface area contributed by atoms with Crippen molar-refractivity contribution in [2.24, 2.45) is 0 Å². The zero-order chi connectivity index (χ0) is 9.97. The molecule has 66 valence electrons. The molecule has 0 aliphatic heterocycles. The Morgan fingerprint density at radius 2 is 2.14 bits per heavy atom. The Bertz CT molecular complexity index is 540. The van der Waals surface area contributed by atoms with Gasteiger partial charge in [-0.3, -0.25) is 4.79 Å². The van der Waals surface area contributed by atoms with Crippen molar-refractivity contribution < 1.29 is 4.79 Å². The van der Waals surface area contributed by atoms with Crippen molar-refractivity contribution in [3.63, 3.8) is 0 Å². The standard InChI is InChI=1S/C11H6N2O/c12-6-8-1-4-11-9(5-8)2-3-10(7-14)13-11/h1-5,7H. The van der Waals surface area contributed by atoms with E-state index in [1.54, 1.807) is 30.3 Å². The number of rotatable bonds is 1. The highest BCUT2D eigenvalue weighted by Crippen LogP contribution is 2.13. The third-order valence-electron chi connectivity index (χ3n) is 1.96. The Morgan fingerprint density at radius 1 is 1.29 bits per heavy atom. The van der Waals surface area contributed by atoms with Crippen molar-refractivity contribution in [3.05, 3.63) is 41.6 Å². The summed E-state index contributed by atoms with van der Waals surface area (Å²) in [6, 6.07) is 10.6. The molecule has 1 aromatic carbocycles. The number of pyridine rings is 1. The van der Waals surface area contributed by atoms with Crippen LogP contribution in [0.25, 0.3) is 10.9 Å². The van der Waals surface area contributed by atoms with Crippen molar-refractivity contribution in [2.75, 3.05) is 0 Å². The number of fused-ring (bicyclic) bond motifs is 1. The summed E-state index contributed by atoms with van der Waals surface area (Å²) in [6.45, 7) is 0. The maximum atomic E-state index is 10.5. The molecule has 0 aliphatic carbocycles. The third kappa shape index (κ3) is 1.34.